The van der Waals surface area contributed by atoms with Gasteiger partial charge in [-0.15, -0.1) is 0 Å². The van der Waals surface area contributed by atoms with Gasteiger partial charge in [-0.05, 0) is 6.08 Å². The molecule has 0 atom stereocenters. The minimum absolute atomic E-state index is 0.124. The minimum atomic E-state index is 0.124. The fourth-order valence-electron chi connectivity index (χ4n) is 0.852. The van der Waals surface area contributed by atoms with Crippen LogP contribution in [0.4, 0.5) is 0 Å². The zero-order chi connectivity index (χ0) is 7.56. The Labute approximate surface area is 60.3 Å². The van der Waals surface area contributed by atoms with Crippen molar-refractivity contribution in [1.82, 2.24) is 4.90 Å². The molecule has 3 heteroatoms. The Balaban J connectivity index is 2.61. The third-order valence-electron chi connectivity index (χ3n) is 1.61. The van der Waals surface area contributed by atoms with E-state index < -0.39 is 0 Å². The normalized spacial score (nSPS) is 18.8. The maximum absolute atomic E-state index is 11.0. The quantitative estimate of drug-likeness (QED) is 0.528. The third kappa shape index (κ3) is 1.29. The van der Waals surface area contributed by atoms with Gasteiger partial charge in [-0.25, -0.2) is 0 Å². The monoisotopic (exact) mass is 141 g/mol. The fraction of sp³-hybridized carbons (Fsp3) is 0.571. The Morgan fingerprint density at radius 3 is 2.90 bits per heavy atom. The molecule has 3 nitrogen and oxygen atoms in total. The van der Waals surface area contributed by atoms with Crippen LogP contribution in [0.2, 0.25) is 0 Å². The highest BCUT2D eigenvalue weighted by Crippen LogP contribution is 2.09. The van der Waals surface area contributed by atoms with E-state index in [9.17, 15) is 4.79 Å². The third-order valence-corrected chi connectivity index (χ3v) is 1.61. The molecule has 0 radical (unpaired) electrons. The Hall–Kier alpha value is -0.990. The first kappa shape index (κ1) is 7.12. The number of ether oxygens (including phenoxy) is 1. The number of carbonyl (C=O) groups is 1. The predicted molar refractivity (Wildman–Crippen MR) is 37.3 cm³/mol. The Bertz CT molecular complexity index is 174. The maximum Gasteiger partial charge on any atom is 0.230 e. The first-order chi connectivity index (χ1) is 4.74. The summed E-state index contributed by atoms with van der Waals surface area (Å²) in [5, 5.41) is 0. The number of hydrogen-bond donors (Lipinski definition) is 0. The molecular weight excluding hydrogens is 130 g/mol. The second-order valence-corrected chi connectivity index (χ2v) is 2.33. The standard InChI is InChI=1S/C7H11NO2/c1-8-4-3-6(10-2)5-7(8)9/h3H,4-5H2,1-2H3. The SMILES string of the molecule is COC1=CCN(C)C(=O)C1. The Kier molecular flexibility index (Phi) is 1.94. The molecular formula is C7H11NO2. The highest BCUT2D eigenvalue weighted by atomic mass is 16.5. The van der Waals surface area contributed by atoms with Crippen molar-refractivity contribution in [2.24, 2.45) is 0 Å². The maximum atomic E-state index is 11.0. The van der Waals surface area contributed by atoms with Gasteiger partial charge in [-0.1, -0.05) is 0 Å². The van der Waals surface area contributed by atoms with E-state index in [1.165, 1.54) is 0 Å². The zero-order valence-corrected chi connectivity index (χ0v) is 6.26. The van der Waals surface area contributed by atoms with Gasteiger partial charge in [0.1, 0.15) is 5.76 Å². The van der Waals surface area contributed by atoms with Crippen LogP contribution < -0.4 is 0 Å². The van der Waals surface area contributed by atoms with Gasteiger partial charge in [-0.3, -0.25) is 4.79 Å². The van der Waals surface area contributed by atoms with Gasteiger partial charge < -0.3 is 9.64 Å². The molecule has 0 N–H and O–H groups in total. The molecule has 0 unspecified atom stereocenters. The van der Waals surface area contributed by atoms with Gasteiger partial charge in [0.15, 0.2) is 0 Å². The van der Waals surface area contributed by atoms with E-state index in [2.05, 4.69) is 0 Å². The van der Waals surface area contributed by atoms with Crippen LogP contribution in [-0.4, -0.2) is 31.5 Å². The van der Waals surface area contributed by atoms with Crippen LogP contribution in [0.3, 0.4) is 0 Å². The van der Waals surface area contributed by atoms with Gasteiger partial charge in [-0.2, -0.15) is 0 Å². The van der Waals surface area contributed by atoms with E-state index in [-0.39, 0.29) is 5.91 Å². The summed E-state index contributed by atoms with van der Waals surface area (Å²) in [6, 6.07) is 0. The van der Waals surface area contributed by atoms with Gasteiger partial charge in [0.25, 0.3) is 0 Å². The van der Waals surface area contributed by atoms with Crippen molar-refractivity contribution >= 4 is 5.91 Å². The lowest BCUT2D eigenvalue weighted by molar-refractivity contribution is -0.130. The second-order valence-electron chi connectivity index (χ2n) is 2.33. The molecule has 10 heavy (non-hydrogen) atoms. The predicted octanol–water partition coefficient (Wildman–Crippen LogP) is 0.379. The number of methoxy groups -OCH3 is 1. The molecule has 1 rings (SSSR count). The molecule has 0 aliphatic carbocycles. The number of hydrogen-bond acceptors (Lipinski definition) is 2. The molecule has 1 heterocycles. The fourth-order valence-corrected chi connectivity index (χ4v) is 0.852. The first-order valence-electron chi connectivity index (χ1n) is 3.21. The summed E-state index contributed by atoms with van der Waals surface area (Å²) >= 11 is 0. The molecule has 1 aliphatic heterocycles. The van der Waals surface area contributed by atoms with Crippen LogP contribution in [0.15, 0.2) is 11.8 Å². The molecule has 56 valence electrons. The highest BCUT2D eigenvalue weighted by molar-refractivity contribution is 5.79. The van der Waals surface area contributed by atoms with Crippen LogP contribution >= 0.6 is 0 Å². The van der Waals surface area contributed by atoms with Gasteiger partial charge >= 0.3 is 0 Å². The lowest BCUT2D eigenvalue weighted by Gasteiger charge is -2.20. The summed E-state index contributed by atoms with van der Waals surface area (Å²) in [4.78, 5) is 12.6. The lowest BCUT2D eigenvalue weighted by atomic mass is 10.2. The van der Waals surface area contributed by atoms with Crippen LogP contribution in [0.5, 0.6) is 0 Å². The van der Waals surface area contributed by atoms with E-state index in [4.69, 9.17) is 4.74 Å². The van der Waals surface area contributed by atoms with Crippen molar-refractivity contribution in [1.29, 1.82) is 0 Å². The highest BCUT2D eigenvalue weighted by Gasteiger charge is 2.15. The van der Waals surface area contributed by atoms with Crippen molar-refractivity contribution in [3.63, 3.8) is 0 Å². The van der Waals surface area contributed by atoms with E-state index in [1.54, 1.807) is 19.1 Å². The van der Waals surface area contributed by atoms with Crippen molar-refractivity contribution in [3.05, 3.63) is 11.8 Å². The zero-order valence-electron chi connectivity index (χ0n) is 6.26. The lowest BCUT2D eigenvalue weighted by Crippen LogP contribution is -2.30. The molecule has 1 amide bonds. The molecule has 0 saturated carbocycles. The summed E-state index contributed by atoms with van der Waals surface area (Å²) in [5.41, 5.74) is 0. The second kappa shape index (κ2) is 2.73. The van der Waals surface area contributed by atoms with Crippen LogP contribution in [-0.2, 0) is 9.53 Å². The molecule has 0 aromatic carbocycles. The topological polar surface area (TPSA) is 29.5 Å². The van der Waals surface area contributed by atoms with E-state index >= 15 is 0 Å². The molecule has 0 aromatic rings. The number of amides is 1. The van der Waals surface area contributed by atoms with Crippen molar-refractivity contribution < 1.29 is 9.53 Å². The molecule has 1 aliphatic rings. The van der Waals surface area contributed by atoms with Crippen LogP contribution in [0.1, 0.15) is 6.42 Å². The Morgan fingerprint density at radius 1 is 1.70 bits per heavy atom. The Morgan fingerprint density at radius 2 is 2.40 bits per heavy atom. The van der Waals surface area contributed by atoms with E-state index in [0.29, 0.717) is 13.0 Å². The van der Waals surface area contributed by atoms with Gasteiger partial charge in [0, 0.05) is 13.6 Å². The summed E-state index contributed by atoms with van der Waals surface area (Å²) in [7, 11) is 3.37. The van der Waals surface area contributed by atoms with Crippen molar-refractivity contribution in [3.8, 4) is 0 Å². The summed E-state index contributed by atoms with van der Waals surface area (Å²) in [6.07, 6.45) is 2.33. The van der Waals surface area contributed by atoms with E-state index in [1.807, 2.05) is 6.08 Å². The summed E-state index contributed by atoms with van der Waals surface area (Å²) in [5.74, 6) is 0.905. The number of rotatable bonds is 1. The molecule has 0 aromatic heterocycles. The smallest absolute Gasteiger partial charge is 0.230 e. The first-order valence-corrected chi connectivity index (χ1v) is 3.21. The van der Waals surface area contributed by atoms with Crippen molar-refractivity contribution in [2.45, 2.75) is 6.42 Å². The van der Waals surface area contributed by atoms with Crippen LogP contribution in [0, 0.1) is 0 Å². The van der Waals surface area contributed by atoms with Gasteiger partial charge in [0.2, 0.25) is 5.91 Å². The van der Waals surface area contributed by atoms with E-state index in [0.717, 1.165) is 5.76 Å². The van der Waals surface area contributed by atoms with Crippen molar-refractivity contribution in [2.75, 3.05) is 20.7 Å². The number of likely N-dealkylation sites (N-methyl/N-ethyl adjacent to an activating group) is 1. The molecule has 0 spiro atoms. The molecule has 0 bridgehead atoms. The largest absolute Gasteiger partial charge is 0.501 e. The molecule has 0 saturated heterocycles. The molecule has 0 fully saturated rings. The average molecular weight is 141 g/mol. The van der Waals surface area contributed by atoms with Gasteiger partial charge in [0.05, 0.1) is 13.5 Å². The number of nitrogens with zero attached hydrogens (tertiary/aromatic N) is 1. The van der Waals surface area contributed by atoms with Crippen LogP contribution in [0.25, 0.3) is 0 Å². The number of carbonyl (C=O) groups excluding carboxylic acids is 1. The minimum Gasteiger partial charge on any atom is -0.501 e. The summed E-state index contributed by atoms with van der Waals surface area (Å²) in [6.45, 7) is 0.669. The summed E-state index contributed by atoms with van der Waals surface area (Å²) < 4.78 is 4.92. The average Bonchev–Trinajstić information content (AvgIpc) is 1.95.